The van der Waals surface area contributed by atoms with Crippen LogP contribution in [-0.4, -0.2) is 47.1 Å². The van der Waals surface area contributed by atoms with Crippen molar-refractivity contribution in [2.24, 2.45) is 11.8 Å². The molecule has 0 bridgehead atoms. The molecule has 7 nitrogen and oxygen atoms in total. The second kappa shape index (κ2) is 9.30. The summed E-state index contributed by atoms with van der Waals surface area (Å²) in [6, 6.07) is 5.81. The predicted molar refractivity (Wildman–Crippen MR) is 128 cm³/mol. The van der Waals surface area contributed by atoms with Gasteiger partial charge in [-0.05, 0) is 49.0 Å². The SMILES string of the molecule is C=CC(=O)N1CC2CC(Oc3cc4c(Nc5ccc(F)c(Cl)c5F)ncnc4cc3OC)CC2C1. The summed E-state index contributed by atoms with van der Waals surface area (Å²) in [7, 11) is 1.55. The molecule has 2 aromatic carbocycles. The molecule has 1 saturated heterocycles. The van der Waals surface area contributed by atoms with Gasteiger partial charge in [0.1, 0.15) is 23.0 Å². The second-order valence-corrected chi connectivity index (χ2v) is 9.15. The standard InChI is InChI=1S/C25H23ClF2N4O3/c1-3-22(33)32-10-13-6-15(7-14(13)11-32)35-21-8-16-19(9-20(21)34-2)29-12-30-25(16)31-18-5-4-17(27)23(26)24(18)28/h3-5,8-9,12-15H,1,6-7,10-11H2,2H3,(H,29,30,31). The van der Waals surface area contributed by atoms with Crippen molar-refractivity contribution >= 4 is 39.9 Å². The highest BCUT2D eigenvalue weighted by molar-refractivity contribution is 6.31. The topological polar surface area (TPSA) is 76.6 Å². The number of halogens is 3. The van der Waals surface area contributed by atoms with Gasteiger partial charge in [0.25, 0.3) is 0 Å². The van der Waals surface area contributed by atoms with Gasteiger partial charge in [-0.1, -0.05) is 18.2 Å². The fourth-order valence-electron chi connectivity index (χ4n) is 4.99. The van der Waals surface area contributed by atoms with E-state index in [0.29, 0.717) is 53.1 Å². The van der Waals surface area contributed by atoms with Crippen molar-refractivity contribution in [2.75, 3.05) is 25.5 Å². The average Bonchev–Trinajstić information content (AvgIpc) is 3.42. The molecule has 2 fully saturated rings. The molecule has 1 saturated carbocycles. The zero-order chi connectivity index (χ0) is 24.7. The summed E-state index contributed by atoms with van der Waals surface area (Å²) < 4.78 is 39.9. The quantitative estimate of drug-likeness (QED) is 0.374. The van der Waals surface area contributed by atoms with Crippen molar-refractivity contribution in [1.29, 1.82) is 0 Å². The number of nitrogens with one attached hydrogen (secondary N) is 1. The van der Waals surface area contributed by atoms with Crippen molar-refractivity contribution < 1.29 is 23.0 Å². The monoisotopic (exact) mass is 500 g/mol. The van der Waals surface area contributed by atoms with E-state index in [-0.39, 0.29) is 17.7 Å². The summed E-state index contributed by atoms with van der Waals surface area (Å²) in [4.78, 5) is 22.3. The first-order chi connectivity index (χ1) is 16.9. The summed E-state index contributed by atoms with van der Waals surface area (Å²) in [5.41, 5.74) is 0.541. The summed E-state index contributed by atoms with van der Waals surface area (Å²) in [6.07, 6.45) is 4.30. The van der Waals surface area contributed by atoms with E-state index in [2.05, 4.69) is 21.9 Å². The fraction of sp³-hybridized carbons (Fsp3) is 0.320. The number of hydrogen-bond acceptors (Lipinski definition) is 6. The zero-order valence-corrected chi connectivity index (χ0v) is 19.7. The van der Waals surface area contributed by atoms with Gasteiger partial charge in [-0.3, -0.25) is 4.79 Å². The molecule has 35 heavy (non-hydrogen) atoms. The molecule has 1 aliphatic carbocycles. The number of carbonyl (C=O) groups is 1. The van der Waals surface area contributed by atoms with Crippen LogP contribution in [0.3, 0.4) is 0 Å². The Bertz CT molecular complexity index is 1310. The Kier molecular flexibility index (Phi) is 6.19. The molecular formula is C25H23ClF2N4O3. The second-order valence-electron chi connectivity index (χ2n) is 8.77. The Morgan fingerprint density at radius 3 is 2.63 bits per heavy atom. The van der Waals surface area contributed by atoms with Crippen LogP contribution < -0.4 is 14.8 Å². The van der Waals surface area contributed by atoms with Crippen LogP contribution in [0.5, 0.6) is 11.5 Å². The average molecular weight is 501 g/mol. The minimum Gasteiger partial charge on any atom is -0.493 e. The highest BCUT2D eigenvalue weighted by atomic mass is 35.5. The largest absolute Gasteiger partial charge is 0.493 e. The summed E-state index contributed by atoms with van der Waals surface area (Å²) >= 11 is 5.72. The molecule has 0 radical (unpaired) electrons. The van der Waals surface area contributed by atoms with E-state index in [0.717, 1.165) is 18.9 Å². The molecule has 1 aliphatic heterocycles. The highest BCUT2D eigenvalue weighted by Crippen LogP contribution is 2.42. The number of anilines is 2. The van der Waals surface area contributed by atoms with E-state index in [4.69, 9.17) is 21.1 Å². The van der Waals surface area contributed by atoms with Gasteiger partial charge in [-0.25, -0.2) is 18.7 Å². The van der Waals surface area contributed by atoms with E-state index in [1.807, 2.05) is 4.90 Å². The number of likely N-dealkylation sites (tertiary alicyclic amines) is 1. The highest BCUT2D eigenvalue weighted by Gasteiger charge is 2.43. The van der Waals surface area contributed by atoms with Crippen LogP contribution in [0, 0.1) is 23.5 Å². The first-order valence-electron chi connectivity index (χ1n) is 11.2. The molecule has 0 spiro atoms. The van der Waals surface area contributed by atoms with Crippen LogP contribution >= 0.6 is 11.6 Å². The number of aromatic nitrogens is 2. The van der Waals surface area contributed by atoms with E-state index in [1.165, 1.54) is 18.5 Å². The normalized spacial score (nSPS) is 21.1. The molecule has 3 aromatic rings. The number of carbonyl (C=O) groups excluding carboxylic acids is 1. The molecule has 2 heterocycles. The van der Waals surface area contributed by atoms with Gasteiger partial charge < -0.3 is 19.7 Å². The van der Waals surface area contributed by atoms with E-state index < -0.39 is 16.7 Å². The molecule has 10 heteroatoms. The number of benzene rings is 2. The van der Waals surface area contributed by atoms with Crippen molar-refractivity contribution in [2.45, 2.75) is 18.9 Å². The van der Waals surface area contributed by atoms with Crippen LogP contribution in [0.15, 0.2) is 43.2 Å². The lowest BCUT2D eigenvalue weighted by Crippen LogP contribution is -2.29. The number of nitrogens with zero attached hydrogens (tertiary/aromatic N) is 3. The number of amides is 1. The Balaban J connectivity index is 1.40. The van der Waals surface area contributed by atoms with Gasteiger partial charge in [-0.15, -0.1) is 0 Å². The van der Waals surface area contributed by atoms with Crippen molar-refractivity contribution in [3.8, 4) is 11.5 Å². The molecular weight excluding hydrogens is 478 g/mol. The minimum atomic E-state index is -0.912. The third-order valence-corrected chi connectivity index (χ3v) is 7.04. The van der Waals surface area contributed by atoms with Gasteiger partial charge in [0, 0.05) is 24.5 Å². The molecule has 1 amide bonds. The van der Waals surface area contributed by atoms with Gasteiger partial charge in [0.2, 0.25) is 5.91 Å². The number of rotatable bonds is 6. The van der Waals surface area contributed by atoms with Gasteiger partial charge in [0.05, 0.1) is 24.4 Å². The van der Waals surface area contributed by atoms with Crippen molar-refractivity contribution in [3.63, 3.8) is 0 Å². The fourth-order valence-corrected chi connectivity index (χ4v) is 5.16. The molecule has 2 unspecified atom stereocenters. The van der Waals surface area contributed by atoms with Crippen LogP contribution in [0.1, 0.15) is 12.8 Å². The van der Waals surface area contributed by atoms with Gasteiger partial charge in [-0.2, -0.15) is 0 Å². The Labute approximate surface area is 205 Å². The number of ether oxygens (including phenoxy) is 2. The zero-order valence-electron chi connectivity index (χ0n) is 18.9. The maximum absolute atomic E-state index is 14.5. The maximum Gasteiger partial charge on any atom is 0.245 e. The van der Waals surface area contributed by atoms with E-state index in [9.17, 15) is 13.6 Å². The summed E-state index contributed by atoms with van der Waals surface area (Å²) in [6.45, 7) is 4.98. The molecule has 1 N–H and O–H groups in total. The maximum atomic E-state index is 14.5. The first kappa shape index (κ1) is 23.3. The number of fused-ring (bicyclic) bond motifs is 2. The van der Waals surface area contributed by atoms with Gasteiger partial charge >= 0.3 is 0 Å². The Morgan fingerprint density at radius 2 is 1.94 bits per heavy atom. The molecule has 5 rings (SSSR count). The van der Waals surface area contributed by atoms with Crippen molar-refractivity contribution in [1.82, 2.24) is 14.9 Å². The Morgan fingerprint density at radius 1 is 1.20 bits per heavy atom. The van der Waals surface area contributed by atoms with Crippen LogP contribution in [0.4, 0.5) is 20.3 Å². The van der Waals surface area contributed by atoms with Crippen LogP contribution in [0.2, 0.25) is 5.02 Å². The summed E-state index contributed by atoms with van der Waals surface area (Å²) in [5.74, 6) is 0.297. The number of methoxy groups -OCH3 is 1. The molecule has 2 aliphatic rings. The molecule has 2 atom stereocenters. The predicted octanol–water partition coefficient (Wildman–Crippen LogP) is 5.12. The van der Waals surface area contributed by atoms with Gasteiger partial charge in [0.15, 0.2) is 17.3 Å². The molecule has 1 aromatic heterocycles. The Hall–Kier alpha value is -3.46. The third kappa shape index (κ3) is 4.36. The third-order valence-electron chi connectivity index (χ3n) is 6.70. The summed E-state index contributed by atoms with van der Waals surface area (Å²) in [5, 5.41) is 2.85. The van der Waals surface area contributed by atoms with Crippen LogP contribution in [0.25, 0.3) is 10.9 Å². The lowest BCUT2D eigenvalue weighted by molar-refractivity contribution is -0.125. The van der Waals surface area contributed by atoms with Crippen LogP contribution in [-0.2, 0) is 4.79 Å². The lowest BCUT2D eigenvalue weighted by atomic mass is 10.0. The minimum absolute atomic E-state index is 0.0167. The number of hydrogen-bond donors (Lipinski definition) is 1. The first-order valence-corrected chi connectivity index (χ1v) is 11.6. The van der Waals surface area contributed by atoms with E-state index in [1.54, 1.807) is 19.2 Å². The lowest BCUT2D eigenvalue weighted by Gasteiger charge is -2.20. The molecule has 182 valence electrons. The van der Waals surface area contributed by atoms with E-state index >= 15 is 0 Å². The smallest absolute Gasteiger partial charge is 0.245 e. The van der Waals surface area contributed by atoms with Crippen molar-refractivity contribution in [3.05, 3.63) is 59.9 Å².